The number of aromatic amines is 1. The predicted molar refractivity (Wildman–Crippen MR) is 129 cm³/mol. The molecule has 29 heavy (non-hydrogen) atoms. The molecule has 2 aliphatic rings. The molecule has 1 aliphatic heterocycles. The molecule has 0 saturated carbocycles. The van der Waals surface area contributed by atoms with Gasteiger partial charge in [-0.3, -0.25) is 0 Å². The highest BCUT2D eigenvalue weighted by Crippen LogP contribution is 2.43. The molecule has 2 heterocycles. The highest BCUT2D eigenvalue weighted by atomic mass is 32.1. The number of H-pyrrole nitrogens is 1. The monoisotopic (exact) mass is 429 g/mol. The SMILES string of the molecule is CCN(CC)C(=S)N[C@H]1C[C@@H]2c3cc(C(=S)NC)cc4[nH]cc(c34)C[C@H]2N(C)C1. The highest BCUT2D eigenvalue weighted by molar-refractivity contribution is 7.80. The van der Waals surface area contributed by atoms with E-state index in [1.165, 1.54) is 22.0 Å². The molecule has 156 valence electrons. The van der Waals surface area contributed by atoms with E-state index in [-0.39, 0.29) is 0 Å². The average molecular weight is 430 g/mol. The van der Waals surface area contributed by atoms with Crippen LogP contribution in [0.15, 0.2) is 18.3 Å². The first-order valence-electron chi connectivity index (χ1n) is 10.6. The van der Waals surface area contributed by atoms with Crippen LogP contribution >= 0.6 is 24.4 Å². The minimum atomic E-state index is 0.352. The summed E-state index contributed by atoms with van der Waals surface area (Å²) in [7, 11) is 4.15. The molecule has 4 rings (SSSR count). The number of benzene rings is 1. The molecule has 3 N–H and O–H groups in total. The maximum absolute atomic E-state index is 5.69. The third-order valence-electron chi connectivity index (χ3n) is 6.67. The highest BCUT2D eigenvalue weighted by Gasteiger charge is 2.40. The van der Waals surface area contributed by atoms with E-state index in [4.69, 9.17) is 24.4 Å². The number of hydrogen-bond donors (Lipinski definition) is 3. The van der Waals surface area contributed by atoms with Gasteiger partial charge in [-0.15, -0.1) is 0 Å². The van der Waals surface area contributed by atoms with Gasteiger partial charge in [0.15, 0.2) is 5.11 Å². The fraction of sp³-hybridized carbons (Fsp3) is 0.545. The first-order valence-corrected chi connectivity index (χ1v) is 11.4. The Morgan fingerprint density at radius 3 is 2.72 bits per heavy atom. The lowest BCUT2D eigenvalue weighted by Crippen LogP contribution is -2.56. The quantitative estimate of drug-likeness (QED) is 0.650. The standard InChI is InChI=1S/C22H31N5S2/c1-5-27(6-2)22(29)25-15-10-16-17-7-13(21(28)23-3)8-18-20(17)14(11-24-18)9-19(16)26(4)12-15/h7-8,11,15-16,19,24H,5-6,9-10,12H2,1-4H3,(H,23,28)(H,25,29)/t15-,16+,19+/m0/s1. The lowest BCUT2D eigenvalue weighted by molar-refractivity contribution is 0.133. The van der Waals surface area contributed by atoms with Crippen molar-refractivity contribution in [3.63, 3.8) is 0 Å². The molecule has 0 bridgehead atoms. The van der Waals surface area contributed by atoms with Gasteiger partial charge in [0.05, 0.1) is 0 Å². The van der Waals surface area contributed by atoms with Crippen LogP contribution in [-0.4, -0.2) is 70.7 Å². The summed E-state index contributed by atoms with van der Waals surface area (Å²) in [6.07, 6.45) is 4.37. The summed E-state index contributed by atoms with van der Waals surface area (Å²) < 4.78 is 0. The van der Waals surface area contributed by atoms with Crippen molar-refractivity contribution in [2.45, 2.75) is 44.7 Å². The number of rotatable bonds is 4. The van der Waals surface area contributed by atoms with Crippen LogP contribution < -0.4 is 10.6 Å². The minimum Gasteiger partial charge on any atom is -0.379 e. The maximum atomic E-state index is 5.69. The normalized spacial score (nSPS) is 23.5. The summed E-state index contributed by atoms with van der Waals surface area (Å²) >= 11 is 11.2. The Morgan fingerprint density at radius 1 is 1.28 bits per heavy atom. The smallest absolute Gasteiger partial charge is 0.169 e. The predicted octanol–water partition coefficient (Wildman–Crippen LogP) is 2.99. The van der Waals surface area contributed by atoms with Gasteiger partial charge in [-0.1, -0.05) is 12.2 Å². The first-order chi connectivity index (χ1) is 14.0. The maximum Gasteiger partial charge on any atom is 0.169 e. The number of piperidine rings is 1. The molecule has 7 heteroatoms. The molecule has 5 nitrogen and oxygen atoms in total. The fourth-order valence-electron chi connectivity index (χ4n) is 5.17. The molecule has 2 aromatic rings. The van der Waals surface area contributed by atoms with E-state index in [1.54, 1.807) is 0 Å². The van der Waals surface area contributed by atoms with Gasteiger partial charge < -0.3 is 25.4 Å². The number of likely N-dealkylation sites (tertiary alicyclic amines) is 1. The summed E-state index contributed by atoms with van der Waals surface area (Å²) in [4.78, 5) is 9.02. The second kappa shape index (κ2) is 8.20. The summed E-state index contributed by atoms with van der Waals surface area (Å²) in [5, 5.41) is 9.06. The van der Waals surface area contributed by atoms with Crippen molar-refractivity contribution in [2.24, 2.45) is 0 Å². The number of likely N-dealkylation sites (N-methyl/N-ethyl adjacent to an activating group) is 1. The van der Waals surface area contributed by atoms with Crippen molar-refractivity contribution >= 4 is 45.4 Å². The van der Waals surface area contributed by atoms with Crippen LogP contribution in [0.3, 0.4) is 0 Å². The Bertz CT molecular complexity index is 933. The second-order valence-corrected chi connectivity index (χ2v) is 9.05. The van der Waals surface area contributed by atoms with Gasteiger partial charge in [-0.25, -0.2) is 0 Å². The second-order valence-electron chi connectivity index (χ2n) is 8.25. The van der Waals surface area contributed by atoms with Gasteiger partial charge in [0, 0.05) is 67.3 Å². The van der Waals surface area contributed by atoms with E-state index in [9.17, 15) is 0 Å². The summed E-state index contributed by atoms with van der Waals surface area (Å²) in [5.74, 6) is 0.469. The average Bonchev–Trinajstić information content (AvgIpc) is 3.12. The molecule has 1 aromatic carbocycles. The van der Waals surface area contributed by atoms with Crippen LogP contribution in [0.25, 0.3) is 10.9 Å². The van der Waals surface area contributed by atoms with Crippen LogP contribution in [0, 0.1) is 0 Å². The van der Waals surface area contributed by atoms with E-state index >= 15 is 0 Å². The van der Waals surface area contributed by atoms with Crippen LogP contribution in [0.5, 0.6) is 0 Å². The van der Waals surface area contributed by atoms with E-state index < -0.39 is 0 Å². The molecule has 0 unspecified atom stereocenters. The van der Waals surface area contributed by atoms with E-state index in [2.05, 4.69) is 64.6 Å². The molecular formula is C22H31N5S2. The zero-order chi connectivity index (χ0) is 20.7. The Hall–Kier alpha value is -1.70. The number of fused-ring (bicyclic) bond motifs is 2. The fourth-order valence-corrected chi connectivity index (χ4v) is 5.71. The molecule has 0 radical (unpaired) electrons. The molecule has 1 aromatic heterocycles. The van der Waals surface area contributed by atoms with Crippen LogP contribution in [-0.2, 0) is 6.42 Å². The molecule has 0 spiro atoms. The van der Waals surface area contributed by atoms with Crippen molar-refractivity contribution < 1.29 is 0 Å². The first kappa shape index (κ1) is 20.6. The van der Waals surface area contributed by atoms with Gasteiger partial charge >= 0.3 is 0 Å². The third kappa shape index (κ3) is 3.64. The van der Waals surface area contributed by atoms with Crippen LogP contribution in [0.4, 0.5) is 0 Å². The lowest BCUT2D eigenvalue weighted by Gasteiger charge is -2.46. The van der Waals surface area contributed by atoms with E-state index in [1.807, 2.05) is 7.05 Å². The molecular weight excluding hydrogens is 398 g/mol. The van der Waals surface area contributed by atoms with Crippen molar-refractivity contribution in [2.75, 3.05) is 33.7 Å². The zero-order valence-electron chi connectivity index (χ0n) is 17.7. The Morgan fingerprint density at radius 2 is 2.03 bits per heavy atom. The van der Waals surface area contributed by atoms with Crippen molar-refractivity contribution in [3.05, 3.63) is 35.0 Å². The summed E-state index contributed by atoms with van der Waals surface area (Å²) in [6.45, 7) is 7.20. The molecule has 1 aliphatic carbocycles. The Kier molecular flexibility index (Phi) is 5.82. The summed E-state index contributed by atoms with van der Waals surface area (Å²) in [6, 6.07) is 5.36. The van der Waals surface area contributed by atoms with Crippen molar-refractivity contribution in [1.82, 2.24) is 25.4 Å². The van der Waals surface area contributed by atoms with Crippen LogP contribution in [0.2, 0.25) is 0 Å². The molecule has 3 atom stereocenters. The number of hydrogen-bond acceptors (Lipinski definition) is 3. The molecule has 0 amide bonds. The van der Waals surface area contributed by atoms with Gasteiger partial charge in [-0.05, 0) is 69.2 Å². The summed E-state index contributed by atoms with van der Waals surface area (Å²) in [5.41, 5.74) is 5.14. The zero-order valence-corrected chi connectivity index (χ0v) is 19.3. The van der Waals surface area contributed by atoms with Gasteiger partial charge in [0.25, 0.3) is 0 Å². The lowest BCUT2D eigenvalue weighted by atomic mass is 9.73. The van der Waals surface area contributed by atoms with Crippen molar-refractivity contribution in [1.29, 1.82) is 0 Å². The minimum absolute atomic E-state index is 0.352. The van der Waals surface area contributed by atoms with Crippen LogP contribution in [0.1, 0.15) is 42.9 Å². The van der Waals surface area contributed by atoms with Gasteiger partial charge in [-0.2, -0.15) is 0 Å². The van der Waals surface area contributed by atoms with Gasteiger partial charge in [0.2, 0.25) is 0 Å². The number of aromatic nitrogens is 1. The number of nitrogens with one attached hydrogen (secondary N) is 3. The Labute approximate surface area is 184 Å². The number of nitrogens with zero attached hydrogens (tertiary/aromatic N) is 2. The van der Waals surface area contributed by atoms with Gasteiger partial charge in [0.1, 0.15) is 4.99 Å². The largest absolute Gasteiger partial charge is 0.379 e. The van der Waals surface area contributed by atoms with E-state index in [0.29, 0.717) is 18.0 Å². The molecule has 1 saturated heterocycles. The molecule has 1 fully saturated rings. The van der Waals surface area contributed by atoms with Crippen molar-refractivity contribution in [3.8, 4) is 0 Å². The Balaban J connectivity index is 1.67. The third-order valence-corrected chi connectivity index (χ3v) is 7.48. The number of thiocarbonyl (C=S) groups is 2. The topological polar surface area (TPSA) is 46.3 Å². The van der Waals surface area contributed by atoms with E-state index in [0.717, 1.165) is 48.1 Å².